The topological polar surface area (TPSA) is 172 Å². The lowest BCUT2D eigenvalue weighted by Gasteiger charge is -2.06. The maximum absolute atomic E-state index is 12.3. The van der Waals surface area contributed by atoms with E-state index in [1.165, 1.54) is 36.4 Å². The zero-order valence-electron chi connectivity index (χ0n) is 12.8. The summed E-state index contributed by atoms with van der Waals surface area (Å²) in [6.45, 7) is 0. The van der Waals surface area contributed by atoms with Crippen molar-refractivity contribution >= 4 is 29.3 Å². The molecule has 0 saturated carbocycles. The summed E-state index contributed by atoms with van der Waals surface area (Å²) in [4.78, 5) is 29.9. The first-order chi connectivity index (χ1) is 11.9. The molecule has 25 heavy (non-hydrogen) atoms. The van der Waals surface area contributed by atoms with E-state index in [9.17, 15) is 14.9 Å². The number of benzene rings is 2. The number of hydrogen-bond donors (Lipinski definition) is 3. The number of nitro groups is 1. The van der Waals surface area contributed by atoms with Crippen LogP contribution in [0.3, 0.4) is 0 Å². The zero-order valence-corrected chi connectivity index (χ0v) is 12.8. The van der Waals surface area contributed by atoms with Gasteiger partial charge in [-0.2, -0.15) is 4.99 Å². The molecular formula is C15H14N6O4. The summed E-state index contributed by atoms with van der Waals surface area (Å²) in [6, 6.07) is 11.3. The predicted octanol–water partition coefficient (Wildman–Crippen LogP) is 1.03. The molecule has 0 fully saturated rings. The van der Waals surface area contributed by atoms with E-state index < -0.39 is 10.9 Å². The lowest BCUT2D eigenvalue weighted by Crippen LogP contribution is -2.26. The van der Waals surface area contributed by atoms with Gasteiger partial charge in [0.15, 0.2) is 5.96 Å². The summed E-state index contributed by atoms with van der Waals surface area (Å²) in [6.07, 6.45) is 0. The fourth-order valence-electron chi connectivity index (χ4n) is 1.82. The number of ether oxygens (including phenoxy) is 1. The fraction of sp³-hybridized carbons (Fsp3) is 0. The molecule has 0 saturated heterocycles. The lowest BCUT2D eigenvalue weighted by atomic mass is 10.2. The Morgan fingerprint density at radius 3 is 2.28 bits per heavy atom. The van der Waals surface area contributed by atoms with Crippen LogP contribution in [-0.2, 0) is 0 Å². The zero-order chi connectivity index (χ0) is 18.4. The highest BCUT2D eigenvalue weighted by molar-refractivity contribution is 5.99. The van der Waals surface area contributed by atoms with Crippen LogP contribution in [0.4, 0.5) is 11.4 Å². The van der Waals surface area contributed by atoms with Crippen LogP contribution in [0.15, 0.2) is 58.5 Å². The van der Waals surface area contributed by atoms with Crippen molar-refractivity contribution < 1.29 is 14.5 Å². The van der Waals surface area contributed by atoms with Gasteiger partial charge in [0.2, 0.25) is 5.96 Å². The van der Waals surface area contributed by atoms with E-state index in [1.54, 1.807) is 12.1 Å². The molecule has 0 atom stereocenters. The normalized spacial score (nSPS) is 10.8. The van der Waals surface area contributed by atoms with Crippen molar-refractivity contribution in [2.75, 3.05) is 0 Å². The van der Waals surface area contributed by atoms with E-state index in [0.29, 0.717) is 0 Å². The van der Waals surface area contributed by atoms with Gasteiger partial charge in [-0.1, -0.05) is 12.1 Å². The number of aliphatic imine (C=N–C) groups is 2. The van der Waals surface area contributed by atoms with Crippen molar-refractivity contribution in [2.24, 2.45) is 27.2 Å². The average molecular weight is 342 g/mol. The predicted molar refractivity (Wildman–Crippen MR) is 91.6 cm³/mol. The highest BCUT2D eigenvalue weighted by atomic mass is 16.6. The largest absolute Gasteiger partial charge is 0.423 e. The van der Waals surface area contributed by atoms with Gasteiger partial charge in [-0.15, -0.1) is 0 Å². The van der Waals surface area contributed by atoms with Gasteiger partial charge in [-0.3, -0.25) is 10.1 Å². The second kappa shape index (κ2) is 7.55. The molecule has 0 unspecified atom stereocenters. The van der Waals surface area contributed by atoms with Crippen LogP contribution in [-0.4, -0.2) is 22.8 Å². The van der Waals surface area contributed by atoms with Crippen LogP contribution in [0.1, 0.15) is 10.4 Å². The summed E-state index contributed by atoms with van der Waals surface area (Å²) < 4.78 is 5.18. The Bertz CT molecular complexity index is 857. The van der Waals surface area contributed by atoms with Gasteiger partial charge in [0.05, 0.1) is 16.2 Å². The quantitative estimate of drug-likeness (QED) is 0.186. The second-order valence-corrected chi connectivity index (χ2v) is 4.66. The van der Waals surface area contributed by atoms with Gasteiger partial charge >= 0.3 is 5.97 Å². The van der Waals surface area contributed by atoms with Crippen molar-refractivity contribution in [2.45, 2.75) is 0 Å². The van der Waals surface area contributed by atoms with E-state index in [1.807, 2.05) is 0 Å². The molecule has 0 aliphatic heterocycles. The van der Waals surface area contributed by atoms with E-state index in [0.717, 1.165) is 0 Å². The molecule has 0 aliphatic rings. The Hall–Kier alpha value is -3.95. The van der Waals surface area contributed by atoms with Gasteiger partial charge in [-0.05, 0) is 24.3 Å². The van der Waals surface area contributed by atoms with Crippen LogP contribution in [0.25, 0.3) is 0 Å². The molecule has 128 valence electrons. The third-order valence-electron chi connectivity index (χ3n) is 2.86. The van der Waals surface area contributed by atoms with Crippen LogP contribution in [0.2, 0.25) is 0 Å². The SMILES string of the molecule is NC(N)=NC(N)=Nc1ccccc1C(=O)Oc1ccc([N+](=O)[O-])cc1. The van der Waals surface area contributed by atoms with E-state index in [-0.39, 0.29) is 34.6 Å². The number of nitrogens with two attached hydrogens (primary N) is 3. The van der Waals surface area contributed by atoms with Crippen molar-refractivity contribution in [1.82, 2.24) is 0 Å². The minimum Gasteiger partial charge on any atom is -0.423 e. The molecule has 0 aromatic heterocycles. The highest BCUT2D eigenvalue weighted by Crippen LogP contribution is 2.23. The Labute approximate surface area is 141 Å². The van der Waals surface area contributed by atoms with Crippen LogP contribution >= 0.6 is 0 Å². The van der Waals surface area contributed by atoms with E-state index >= 15 is 0 Å². The lowest BCUT2D eigenvalue weighted by molar-refractivity contribution is -0.384. The number of carbonyl (C=O) groups excluding carboxylic acids is 1. The summed E-state index contributed by atoms with van der Waals surface area (Å²) in [5.74, 6) is -1.07. The number of carbonyl (C=O) groups is 1. The molecule has 6 N–H and O–H groups in total. The van der Waals surface area contributed by atoms with Crippen LogP contribution in [0, 0.1) is 10.1 Å². The Balaban J connectivity index is 2.25. The first kappa shape index (κ1) is 17.4. The first-order valence-corrected chi connectivity index (χ1v) is 6.86. The fourth-order valence-corrected chi connectivity index (χ4v) is 1.82. The molecule has 0 heterocycles. The number of nitrogens with zero attached hydrogens (tertiary/aromatic N) is 3. The summed E-state index contributed by atoms with van der Waals surface area (Å²) >= 11 is 0. The highest BCUT2D eigenvalue weighted by Gasteiger charge is 2.14. The van der Waals surface area contributed by atoms with E-state index in [4.69, 9.17) is 21.9 Å². The number of hydrogen-bond acceptors (Lipinski definition) is 5. The molecule has 2 aromatic carbocycles. The maximum atomic E-state index is 12.3. The van der Waals surface area contributed by atoms with Gasteiger partial charge in [0.1, 0.15) is 5.75 Å². The molecule has 2 rings (SSSR count). The Kier molecular flexibility index (Phi) is 5.25. The Morgan fingerprint density at radius 2 is 1.68 bits per heavy atom. The van der Waals surface area contributed by atoms with Crippen LogP contribution in [0.5, 0.6) is 5.75 Å². The molecule has 10 nitrogen and oxygen atoms in total. The minimum atomic E-state index is -0.717. The van der Waals surface area contributed by atoms with Crippen molar-refractivity contribution in [3.05, 3.63) is 64.2 Å². The minimum absolute atomic E-state index is 0.116. The number of esters is 1. The average Bonchev–Trinajstić information content (AvgIpc) is 2.55. The smallest absolute Gasteiger partial charge is 0.345 e. The Morgan fingerprint density at radius 1 is 1.04 bits per heavy atom. The van der Waals surface area contributed by atoms with E-state index in [2.05, 4.69) is 9.98 Å². The molecule has 0 aliphatic carbocycles. The molecule has 0 amide bonds. The summed E-state index contributed by atoms with van der Waals surface area (Å²) in [5, 5.41) is 10.6. The number of rotatable bonds is 4. The van der Waals surface area contributed by atoms with Gasteiger partial charge < -0.3 is 21.9 Å². The second-order valence-electron chi connectivity index (χ2n) is 4.66. The van der Waals surface area contributed by atoms with Gasteiger partial charge in [0.25, 0.3) is 5.69 Å². The van der Waals surface area contributed by atoms with Gasteiger partial charge in [-0.25, -0.2) is 9.79 Å². The number of non-ortho nitro benzene ring substituents is 1. The molecule has 0 spiro atoms. The van der Waals surface area contributed by atoms with Crippen molar-refractivity contribution in [3.63, 3.8) is 0 Å². The monoisotopic (exact) mass is 342 g/mol. The van der Waals surface area contributed by atoms with Crippen molar-refractivity contribution in [1.29, 1.82) is 0 Å². The third kappa shape index (κ3) is 4.76. The first-order valence-electron chi connectivity index (χ1n) is 6.86. The number of para-hydroxylation sites is 1. The van der Waals surface area contributed by atoms with Gasteiger partial charge in [0, 0.05) is 12.1 Å². The molecular weight excluding hydrogens is 328 g/mol. The van der Waals surface area contributed by atoms with Crippen LogP contribution < -0.4 is 21.9 Å². The van der Waals surface area contributed by atoms with Crippen molar-refractivity contribution in [3.8, 4) is 5.75 Å². The molecule has 0 bridgehead atoms. The summed E-state index contributed by atoms with van der Waals surface area (Å²) in [5.41, 5.74) is 16.2. The maximum Gasteiger partial charge on any atom is 0.345 e. The summed E-state index contributed by atoms with van der Waals surface area (Å²) in [7, 11) is 0. The standard InChI is InChI=1S/C15H14N6O4/c16-14(17)20-15(18)19-12-4-2-1-3-11(12)13(22)25-10-7-5-9(6-8-10)21(23)24/h1-8H,(H6,16,17,18,19,20). The molecule has 0 radical (unpaired) electrons. The molecule has 2 aromatic rings. The number of nitro benzene ring substituents is 1. The molecule has 10 heteroatoms. The third-order valence-corrected chi connectivity index (χ3v) is 2.86. The number of guanidine groups is 2.